The quantitative estimate of drug-likeness (QED) is 0.678. The number of aryl methyl sites for hydroxylation is 1. The van der Waals surface area contributed by atoms with E-state index < -0.39 is 34.7 Å². The van der Waals surface area contributed by atoms with Gasteiger partial charge in [0.25, 0.3) is 6.43 Å². The van der Waals surface area contributed by atoms with E-state index in [1.165, 1.54) is 0 Å². The lowest BCUT2D eigenvalue weighted by molar-refractivity contribution is 0.0672. The molecule has 0 unspecified atom stereocenters. The fourth-order valence-electron chi connectivity index (χ4n) is 1.28. The van der Waals surface area contributed by atoms with Gasteiger partial charge in [-0.25, -0.2) is 18.6 Å². The molecule has 0 amide bonds. The SMILES string of the molecule is Cc1cc(C(F)(F)Cl)nc(C(F)F)c1C(=O)O. The summed E-state index contributed by atoms with van der Waals surface area (Å²) in [6, 6.07) is 0.669. The van der Waals surface area contributed by atoms with Crippen molar-refractivity contribution in [3.8, 4) is 0 Å². The molecule has 0 aliphatic rings. The van der Waals surface area contributed by atoms with Crippen molar-refractivity contribution in [1.82, 2.24) is 4.98 Å². The zero-order valence-corrected chi connectivity index (χ0v) is 9.10. The van der Waals surface area contributed by atoms with Gasteiger partial charge in [0.05, 0.1) is 5.56 Å². The van der Waals surface area contributed by atoms with E-state index in [1.54, 1.807) is 0 Å². The van der Waals surface area contributed by atoms with Crippen LogP contribution in [-0.2, 0) is 5.38 Å². The Hall–Kier alpha value is -1.37. The minimum atomic E-state index is -3.93. The molecule has 0 saturated heterocycles. The monoisotopic (exact) mass is 271 g/mol. The van der Waals surface area contributed by atoms with Crippen LogP contribution in [0.1, 0.15) is 33.7 Å². The van der Waals surface area contributed by atoms with Gasteiger partial charge in [0.1, 0.15) is 11.4 Å². The summed E-state index contributed by atoms with van der Waals surface area (Å²) >= 11 is 4.65. The topological polar surface area (TPSA) is 50.2 Å². The van der Waals surface area contributed by atoms with Crippen LogP contribution in [0.3, 0.4) is 0 Å². The Morgan fingerprint density at radius 2 is 2.06 bits per heavy atom. The molecule has 1 rings (SSSR count). The minimum Gasteiger partial charge on any atom is -0.478 e. The van der Waals surface area contributed by atoms with E-state index in [0.29, 0.717) is 6.07 Å². The van der Waals surface area contributed by atoms with Gasteiger partial charge < -0.3 is 5.11 Å². The molecule has 0 aliphatic heterocycles. The predicted octanol–water partition coefficient (Wildman–Crippen LogP) is 3.31. The average Bonchev–Trinajstić information content (AvgIpc) is 2.13. The van der Waals surface area contributed by atoms with Crippen LogP contribution in [0.2, 0.25) is 0 Å². The van der Waals surface area contributed by atoms with Crippen molar-refractivity contribution in [2.75, 3.05) is 0 Å². The van der Waals surface area contributed by atoms with Gasteiger partial charge in [-0.3, -0.25) is 0 Å². The van der Waals surface area contributed by atoms with Crippen molar-refractivity contribution >= 4 is 17.6 Å². The van der Waals surface area contributed by atoms with Crippen molar-refractivity contribution < 1.29 is 27.5 Å². The predicted molar refractivity (Wildman–Crippen MR) is 50.6 cm³/mol. The van der Waals surface area contributed by atoms with E-state index in [2.05, 4.69) is 16.6 Å². The van der Waals surface area contributed by atoms with Gasteiger partial charge in [-0.2, -0.15) is 8.78 Å². The number of hydrogen-bond donors (Lipinski definition) is 1. The number of alkyl halides is 5. The van der Waals surface area contributed by atoms with E-state index in [9.17, 15) is 22.4 Å². The molecule has 1 aromatic rings. The van der Waals surface area contributed by atoms with Gasteiger partial charge >= 0.3 is 11.4 Å². The van der Waals surface area contributed by atoms with Crippen LogP contribution in [0.5, 0.6) is 0 Å². The maximum absolute atomic E-state index is 12.7. The molecule has 1 N–H and O–H groups in total. The third-order valence-corrected chi connectivity index (χ3v) is 2.15. The molecule has 0 aromatic carbocycles. The lowest BCUT2D eigenvalue weighted by atomic mass is 10.1. The average molecular weight is 272 g/mol. The summed E-state index contributed by atoms with van der Waals surface area (Å²) in [5, 5.41) is 4.77. The summed E-state index contributed by atoms with van der Waals surface area (Å²) in [7, 11) is 0. The highest BCUT2D eigenvalue weighted by Gasteiger charge is 2.33. The second-order valence-electron chi connectivity index (χ2n) is 3.19. The standard InChI is InChI=1S/C9H6ClF4NO2/c1-3-2-4(9(10,13)14)15-6(7(11)12)5(3)8(16)17/h2,7H,1H3,(H,16,17). The molecule has 17 heavy (non-hydrogen) atoms. The van der Waals surface area contributed by atoms with Gasteiger partial charge in [-0.15, -0.1) is 0 Å². The Labute approximate surface area is 98.0 Å². The molecule has 0 bridgehead atoms. The van der Waals surface area contributed by atoms with Crippen molar-refractivity contribution in [2.45, 2.75) is 18.7 Å². The number of halogens is 5. The van der Waals surface area contributed by atoms with Crippen LogP contribution in [0.4, 0.5) is 17.6 Å². The molecule has 0 aliphatic carbocycles. The lowest BCUT2D eigenvalue weighted by Crippen LogP contribution is -2.14. The number of nitrogens with zero attached hydrogens (tertiary/aromatic N) is 1. The number of pyridine rings is 1. The number of rotatable bonds is 3. The van der Waals surface area contributed by atoms with Crippen LogP contribution in [-0.4, -0.2) is 16.1 Å². The molecule has 0 spiro atoms. The molecule has 1 aromatic heterocycles. The summed E-state index contributed by atoms with van der Waals surface area (Å²) < 4.78 is 50.5. The van der Waals surface area contributed by atoms with E-state index in [4.69, 9.17) is 5.11 Å². The lowest BCUT2D eigenvalue weighted by Gasteiger charge is -2.13. The molecular weight excluding hydrogens is 266 g/mol. The van der Waals surface area contributed by atoms with Crippen molar-refractivity contribution in [2.24, 2.45) is 0 Å². The van der Waals surface area contributed by atoms with Crippen molar-refractivity contribution in [1.29, 1.82) is 0 Å². The maximum Gasteiger partial charge on any atom is 0.364 e. The molecule has 0 atom stereocenters. The Kier molecular flexibility index (Phi) is 3.61. The number of carbonyl (C=O) groups is 1. The zero-order valence-electron chi connectivity index (χ0n) is 8.35. The first-order valence-electron chi connectivity index (χ1n) is 4.24. The summed E-state index contributed by atoms with van der Waals surface area (Å²) in [6.07, 6.45) is -3.28. The first-order chi connectivity index (χ1) is 7.64. The maximum atomic E-state index is 12.7. The molecule has 1 heterocycles. The molecule has 94 valence electrons. The second-order valence-corrected chi connectivity index (χ2v) is 3.66. The first kappa shape index (κ1) is 13.7. The van der Waals surface area contributed by atoms with E-state index in [-0.39, 0.29) is 5.56 Å². The van der Waals surface area contributed by atoms with Crippen molar-refractivity contribution in [3.63, 3.8) is 0 Å². The number of carboxylic acids is 1. The molecule has 3 nitrogen and oxygen atoms in total. The zero-order chi connectivity index (χ0) is 13.4. The second kappa shape index (κ2) is 4.48. The van der Waals surface area contributed by atoms with Gasteiger partial charge in [-0.05, 0) is 30.2 Å². The van der Waals surface area contributed by atoms with Crippen molar-refractivity contribution in [3.05, 3.63) is 28.6 Å². The first-order valence-corrected chi connectivity index (χ1v) is 4.62. The highest BCUT2D eigenvalue weighted by atomic mass is 35.5. The Morgan fingerprint density at radius 1 is 1.53 bits per heavy atom. The van der Waals surface area contributed by atoms with E-state index >= 15 is 0 Å². The van der Waals surface area contributed by atoms with Gasteiger partial charge in [0, 0.05) is 0 Å². The van der Waals surface area contributed by atoms with Crippen LogP contribution in [0, 0.1) is 6.92 Å². The third-order valence-electron chi connectivity index (χ3n) is 1.96. The number of aromatic carboxylic acids is 1. The third kappa shape index (κ3) is 2.85. The normalized spacial score (nSPS) is 11.9. The Bertz CT molecular complexity index is 459. The van der Waals surface area contributed by atoms with Crippen LogP contribution in [0.25, 0.3) is 0 Å². The Balaban J connectivity index is 3.52. The van der Waals surface area contributed by atoms with Gasteiger partial charge in [0.2, 0.25) is 0 Å². The highest BCUT2D eigenvalue weighted by molar-refractivity contribution is 6.21. The fraction of sp³-hybridized carbons (Fsp3) is 0.333. The fourth-order valence-corrected chi connectivity index (χ4v) is 1.38. The molecule has 0 radical (unpaired) electrons. The van der Waals surface area contributed by atoms with Gasteiger partial charge in [-0.1, -0.05) is 0 Å². The summed E-state index contributed by atoms with van der Waals surface area (Å²) in [5.74, 6) is -1.66. The molecular formula is C9H6ClF4NO2. The van der Waals surface area contributed by atoms with Gasteiger partial charge in [0.15, 0.2) is 0 Å². The van der Waals surface area contributed by atoms with Crippen LogP contribution < -0.4 is 0 Å². The minimum absolute atomic E-state index is 0.252. The smallest absolute Gasteiger partial charge is 0.364 e. The summed E-state index contributed by atoms with van der Waals surface area (Å²) in [6.45, 7) is 1.11. The van der Waals surface area contributed by atoms with Crippen LogP contribution >= 0.6 is 11.6 Å². The molecule has 0 fully saturated rings. The van der Waals surface area contributed by atoms with E-state index in [1.807, 2.05) is 0 Å². The summed E-state index contributed by atoms with van der Waals surface area (Å²) in [5.41, 5.74) is -3.35. The van der Waals surface area contributed by atoms with E-state index in [0.717, 1.165) is 6.92 Å². The number of hydrogen-bond acceptors (Lipinski definition) is 2. The number of carboxylic acid groups (broad SMARTS) is 1. The molecule has 0 saturated carbocycles. The molecule has 8 heteroatoms. The Morgan fingerprint density at radius 3 is 2.41 bits per heavy atom. The number of aromatic nitrogens is 1. The highest BCUT2D eigenvalue weighted by Crippen LogP contribution is 2.34. The van der Waals surface area contributed by atoms with Crippen LogP contribution in [0.15, 0.2) is 6.07 Å². The summed E-state index contributed by atoms with van der Waals surface area (Å²) in [4.78, 5) is 13.6. The largest absolute Gasteiger partial charge is 0.478 e.